The summed E-state index contributed by atoms with van der Waals surface area (Å²) >= 11 is 3.48. The normalized spacial score (nSPS) is 16.8. The van der Waals surface area contributed by atoms with Crippen LogP contribution < -0.4 is 9.47 Å². The van der Waals surface area contributed by atoms with Crippen molar-refractivity contribution < 1.29 is 19.1 Å². The van der Waals surface area contributed by atoms with Gasteiger partial charge in [-0.05, 0) is 48.7 Å². The van der Waals surface area contributed by atoms with E-state index in [1.165, 1.54) is 0 Å². The van der Waals surface area contributed by atoms with Crippen molar-refractivity contribution >= 4 is 33.7 Å². The van der Waals surface area contributed by atoms with Crippen molar-refractivity contribution in [3.8, 4) is 11.5 Å². The third-order valence-electron chi connectivity index (χ3n) is 5.31. The molecule has 2 heterocycles. The van der Waals surface area contributed by atoms with E-state index in [1.54, 1.807) is 29.2 Å². The molecule has 4 rings (SSSR count). The van der Waals surface area contributed by atoms with Gasteiger partial charge in [0.15, 0.2) is 17.3 Å². The molecule has 0 aromatic heterocycles. The molecule has 1 fully saturated rings. The average molecular weight is 456 g/mol. The Bertz CT molecular complexity index is 948. The summed E-state index contributed by atoms with van der Waals surface area (Å²) in [6, 6.07) is 13.1. The van der Waals surface area contributed by atoms with Crippen molar-refractivity contribution in [2.45, 2.75) is 12.8 Å². The Balaban J connectivity index is 1.35. The zero-order chi connectivity index (χ0) is 20.2. The maximum absolute atomic E-state index is 12.9. The van der Waals surface area contributed by atoms with Crippen molar-refractivity contribution in [1.29, 1.82) is 0 Å². The highest BCUT2D eigenvalue weighted by molar-refractivity contribution is 9.10. The second-order valence-electron chi connectivity index (χ2n) is 7.18. The van der Waals surface area contributed by atoms with Gasteiger partial charge in [-0.15, -0.1) is 0 Å². The first-order chi connectivity index (χ1) is 14.1. The summed E-state index contributed by atoms with van der Waals surface area (Å²) in [6.07, 6.45) is 4.76. The van der Waals surface area contributed by atoms with Gasteiger partial charge in [0, 0.05) is 35.1 Å². The molecule has 0 radical (unpaired) electrons. The SMILES string of the molecule is O=C(c1ccc2c(c1)OCCO2)C1CCN(C(=O)C=Cc2ccccc2Br)CC1. The van der Waals surface area contributed by atoms with E-state index in [9.17, 15) is 9.59 Å². The van der Waals surface area contributed by atoms with Gasteiger partial charge < -0.3 is 14.4 Å². The average Bonchev–Trinajstić information content (AvgIpc) is 2.77. The minimum Gasteiger partial charge on any atom is -0.486 e. The van der Waals surface area contributed by atoms with Gasteiger partial charge in [-0.1, -0.05) is 34.1 Å². The van der Waals surface area contributed by atoms with Gasteiger partial charge >= 0.3 is 0 Å². The molecule has 0 bridgehead atoms. The first kappa shape index (κ1) is 19.7. The van der Waals surface area contributed by atoms with Crippen LogP contribution in [0.1, 0.15) is 28.8 Å². The molecular formula is C23H22BrNO4. The van der Waals surface area contributed by atoms with Crippen LogP contribution in [0.4, 0.5) is 0 Å². The van der Waals surface area contributed by atoms with Crippen LogP contribution in [-0.4, -0.2) is 42.9 Å². The maximum atomic E-state index is 12.9. The van der Waals surface area contributed by atoms with Crippen LogP contribution in [0.3, 0.4) is 0 Å². The number of hydrogen-bond acceptors (Lipinski definition) is 4. The van der Waals surface area contributed by atoms with Crippen LogP contribution in [0.5, 0.6) is 11.5 Å². The molecule has 0 atom stereocenters. The Morgan fingerprint density at radius 1 is 1.00 bits per heavy atom. The summed E-state index contributed by atoms with van der Waals surface area (Å²) in [7, 11) is 0. The van der Waals surface area contributed by atoms with Crippen LogP contribution in [0.25, 0.3) is 6.08 Å². The Morgan fingerprint density at radius 2 is 1.72 bits per heavy atom. The molecule has 0 aliphatic carbocycles. The predicted octanol–water partition coefficient (Wildman–Crippen LogP) is 4.36. The van der Waals surface area contributed by atoms with E-state index in [2.05, 4.69) is 15.9 Å². The van der Waals surface area contributed by atoms with E-state index in [1.807, 2.05) is 30.3 Å². The number of halogens is 1. The molecule has 5 nitrogen and oxygen atoms in total. The summed E-state index contributed by atoms with van der Waals surface area (Å²) < 4.78 is 12.0. The monoisotopic (exact) mass is 455 g/mol. The molecule has 2 aliphatic heterocycles. The molecule has 0 N–H and O–H groups in total. The summed E-state index contributed by atoms with van der Waals surface area (Å²) in [5, 5.41) is 0. The van der Waals surface area contributed by atoms with E-state index in [0.717, 1.165) is 10.0 Å². The van der Waals surface area contributed by atoms with Gasteiger partial charge in [-0.2, -0.15) is 0 Å². The maximum Gasteiger partial charge on any atom is 0.246 e. The van der Waals surface area contributed by atoms with Crippen LogP contribution in [0.2, 0.25) is 0 Å². The van der Waals surface area contributed by atoms with E-state index in [4.69, 9.17) is 9.47 Å². The van der Waals surface area contributed by atoms with E-state index < -0.39 is 0 Å². The van der Waals surface area contributed by atoms with Crippen LogP contribution in [-0.2, 0) is 4.79 Å². The molecule has 0 saturated carbocycles. The lowest BCUT2D eigenvalue weighted by Gasteiger charge is -2.30. The van der Waals surface area contributed by atoms with Crippen LogP contribution in [0, 0.1) is 5.92 Å². The van der Waals surface area contributed by atoms with Gasteiger partial charge in [0.2, 0.25) is 5.91 Å². The van der Waals surface area contributed by atoms with Crippen molar-refractivity contribution in [3.63, 3.8) is 0 Å². The largest absolute Gasteiger partial charge is 0.486 e. The van der Waals surface area contributed by atoms with Crippen molar-refractivity contribution in [1.82, 2.24) is 4.90 Å². The Labute approximate surface area is 178 Å². The summed E-state index contributed by atoms with van der Waals surface area (Å²) in [5.74, 6) is 1.33. The van der Waals surface area contributed by atoms with Crippen molar-refractivity contribution in [2.75, 3.05) is 26.3 Å². The topological polar surface area (TPSA) is 55.8 Å². The summed E-state index contributed by atoms with van der Waals surface area (Å²) in [6.45, 7) is 2.20. The minimum atomic E-state index is -0.0751. The molecule has 0 unspecified atom stereocenters. The highest BCUT2D eigenvalue weighted by atomic mass is 79.9. The van der Waals surface area contributed by atoms with Gasteiger partial charge in [0.1, 0.15) is 13.2 Å². The molecule has 1 amide bonds. The molecule has 1 saturated heterocycles. The lowest BCUT2D eigenvalue weighted by molar-refractivity contribution is -0.127. The highest BCUT2D eigenvalue weighted by Gasteiger charge is 2.28. The number of nitrogens with zero attached hydrogens (tertiary/aromatic N) is 1. The van der Waals surface area contributed by atoms with Gasteiger partial charge in [0.25, 0.3) is 0 Å². The molecule has 2 aliphatic rings. The number of carbonyl (C=O) groups is 2. The zero-order valence-electron chi connectivity index (χ0n) is 16.0. The second-order valence-corrected chi connectivity index (χ2v) is 8.03. The smallest absolute Gasteiger partial charge is 0.246 e. The molecule has 6 heteroatoms. The quantitative estimate of drug-likeness (QED) is 0.507. The molecule has 0 spiro atoms. The van der Waals surface area contributed by atoms with Crippen molar-refractivity contribution in [2.24, 2.45) is 5.92 Å². The number of piperidine rings is 1. The number of ether oxygens (including phenoxy) is 2. The van der Waals surface area contributed by atoms with Crippen molar-refractivity contribution in [3.05, 3.63) is 64.1 Å². The minimum absolute atomic E-state index is 0.0222. The number of benzene rings is 2. The number of amides is 1. The van der Waals surface area contributed by atoms with Crippen LogP contribution in [0.15, 0.2) is 53.0 Å². The van der Waals surface area contributed by atoms with E-state index >= 15 is 0 Å². The third kappa shape index (κ3) is 4.53. The number of likely N-dealkylation sites (tertiary alicyclic amines) is 1. The Kier molecular flexibility index (Phi) is 6.00. The number of hydrogen-bond donors (Lipinski definition) is 0. The summed E-state index contributed by atoms with van der Waals surface area (Å²) in [5.41, 5.74) is 1.61. The standard InChI is InChI=1S/C23H22BrNO4/c24-19-4-2-1-3-16(19)6-8-22(26)25-11-9-17(10-12-25)23(27)18-5-7-20-21(15-18)29-14-13-28-20/h1-8,15,17H,9-14H2. The molecule has 29 heavy (non-hydrogen) atoms. The second kappa shape index (κ2) is 8.82. The van der Waals surface area contributed by atoms with E-state index in [0.29, 0.717) is 56.2 Å². The first-order valence-electron chi connectivity index (χ1n) is 9.77. The van der Waals surface area contributed by atoms with Crippen LogP contribution >= 0.6 is 15.9 Å². The zero-order valence-corrected chi connectivity index (χ0v) is 17.6. The third-order valence-corrected chi connectivity index (χ3v) is 6.04. The number of carbonyl (C=O) groups excluding carboxylic acids is 2. The number of ketones is 1. The molecule has 2 aromatic rings. The number of fused-ring (bicyclic) bond motifs is 1. The molecule has 150 valence electrons. The number of Topliss-reactive ketones (excluding diaryl/α,β-unsaturated/α-hetero) is 1. The Morgan fingerprint density at radius 3 is 2.48 bits per heavy atom. The molecular weight excluding hydrogens is 434 g/mol. The predicted molar refractivity (Wildman–Crippen MR) is 114 cm³/mol. The number of rotatable bonds is 4. The lowest BCUT2D eigenvalue weighted by Crippen LogP contribution is -2.39. The lowest BCUT2D eigenvalue weighted by atomic mass is 9.88. The Hall–Kier alpha value is -2.60. The first-order valence-corrected chi connectivity index (χ1v) is 10.6. The fourth-order valence-electron chi connectivity index (χ4n) is 3.67. The highest BCUT2D eigenvalue weighted by Crippen LogP contribution is 2.32. The summed E-state index contributed by atoms with van der Waals surface area (Å²) in [4.78, 5) is 27.2. The van der Waals surface area contributed by atoms with Gasteiger partial charge in [-0.25, -0.2) is 0 Å². The fourth-order valence-corrected chi connectivity index (χ4v) is 4.09. The fraction of sp³-hybridized carbons (Fsp3) is 0.304. The van der Waals surface area contributed by atoms with Gasteiger partial charge in [0.05, 0.1) is 0 Å². The van der Waals surface area contributed by atoms with E-state index in [-0.39, 0.29) is 17.6 Å². The van der Waals surface area contributed by atoms with Gasteiger partial charge in [-0.3, -0.25) is 9.59 Å². The molecule has 2 aromatic carbocycles.